The van der Waals surface area contributed by atoms with Crippen molar-refractivity contribution in [3.63, 3.8) is 0 Å². The SMILES string of the molecule is C[C@H](CNC(=O)Nc1ccccc1CN(C)C1CCCCC1)n1ccnc1. The minimum absolute atomic E-state index is 0.158. The third kappa shape index (κ3) is 5.57. The Kier molecular flexibility index (Phi) is 6.87. The zero-order valence-corrected chi connectivity index (χ0v) is 16.4. The summed E-state index contributed by atoms with van der Waals surface area (Å²) in [6, 6.07) is 8.71. The minimum Gasteiger partial charge on any atom is -0.336 e. The lowest BCUT2D eigenvalue weighted by Crippen LogP contribution is -2.35. The number of hydrogen-bond acceptors (Lipinski definition) is 3. The molecule has 0 saturated heterocycles. The van der Waals surface area contributed by atoms with Crippen molar-refractivity contribution in [1.82, 2.24) is 19.8 Å². The predicted octanol–water partition coefficient (Wildman–Crippen LogP) is 4.03. The predicted molar refractivity (Wildman–Crippen MR) is 109 cm³/mol. The van der Waals surface area contributed by atoms with Gasteiger partial charge in [0, 0.05) is 43.3 Å². The second-order valence-electron chi connectivity index (χ2n) is 7.56. The number of anilines is 1. The van der Waals surface area contributed by atoms with E-state index in [9.17, 15) is 4.79 Å². The molecule has 1 aromatic heterocycles. The van der Waals surface area contributed by atoms with E-state index >= 15 is 0 Å². The Balaban J connectivity index is 1.54. The van der Waals surface area contributed by atoms with Crippen molar-refractivity contribution < 1.29 is 4.79 Å². The zero-order valence-electron chi connectivity index (χ0n) is 16.4. The van der Waals surface area contributed by atoms with Crippen LogP contribution in [0.2, 0.25) is 0 Å². The van der Waals surface area contributed by atoms with Crippen LogP contribution >= 0.6 is 0 Å². The molecule has 0 unspecified atom stereocenters. The summed E-state index contributed by atoms with van der Waals surface area (Å²) in [4.78, 5) is 18.8. The Morgan fingerprint density at radius 1 is 1.30 bits per heavy atom. The summed E-state index contributed by atoms with van der Waals surface area (Å²) in [5.41, 5.74) is 2.04. The second-order valence-corrected chi connectivity index (χ2v) is 7.56. The summed E-state index contributed by atoms with van der Waals surface area (Å²) in [5, 5.41) is 5.97. The van der Waals surface area contributed by atoms with Crippen LogP contribution in [0, 0.1) is 0 Å². The first kappa shape index (κ1) is 19.4. The van der Waals surface area contributed by atoms with Gasteiger partial charge in [0.05, 0.1) is 6.33 Å². The third-order valence-electron chi connectivity index (χ3n) is 5.48. The van der Waals surface area contributed by atoms with E-state index in [1.54, 1.807) is 12.5 Å². The molecular weight excluding hydrogens is 338 g/mol. The van der Waals surface area contributed by atoms with Crippen LogP contribution in [0.3, 0.4) is 0 Å². The lowest BCUT2D eigenvalue weighted by atomic mass is 9.94. The van der Waals surface area contributed by atoms with Crippen molar-refractivity contribution >= 4 is 11.7 Å². The van der Waals surface area contributed by atoms with Gasteiger partial charge in [0.15, 0.2) is 0 Å². The molecule has 2 amide bonds. The highest BCUT2D eigenvalue weighted by atomic mass is 16.2. The smallest absolute Gasteiger partial charge is 0.319 e. The van der Waals surface area contributed by atoms with Crippen LogP contribution in [0.5, 0.6) is 0 Å². The number of benzene rings is 1. The van der Waals surface area contributed by atoms with Crippen LogP contribution in [-0.2, 0) is 6.54 Å². The summed E-state index contributed by atoms with van der Waals surface area (Å²) in [6.07, 6.45) is 12.0. The Morgan fingerprint density at radius 3 is 2.81 bits per heavy atom. The number of para-hydroxylation sites is 1. The van der Waals surface area contributed by atoms with Crippen molar-refractivity contribution in [2.75, 3.05) is 18.9 Å². The molecule has 6 heteroatoms. The largest absolute Gasteiger partial charge is 0.336 e. The number of rotatable bonds is 7. The van der Waals surface area contributed by atoms with Crippen molar-refractivity contribution in [1.29, 1.82) is 0 Å². The van der Waals surface area contributed by atoms with Crippen molar-refractivity contribution in [3.05, 3.63) is 48.5 Å². The van der Waals surface area contributed by atoms with Crippen molar-refractivity contribution in [2.24, 2.45) is 0 Å². The first-order valence-corrected chi connectivity index (χ1v) is 9.94. The van der Waals surface area contributed by atoms with Gasteiger partial charge in [-0.3, -0.25) is 4.90 Å². The number of imidazole rings is 1. The molecule has 1 fully saturated rings. The van der Waals surface area contributed by atoms with E-state index in [0.717, 1.165) is 17.8 Å². The van der Waals surface area contributed by atoms with Crippen molar-refractivity contribution in [3.8, 4) is 0 Å². The van der Waals surface area contributed by atoms with E-state index in [0.29, 0.717) is 12.6 Å². The maximum absolute atomic E-state index is 12.4. The fourth-order valence-electron chi connectivity index (χ4n) is 3.74. The van der Waals surface area contributed by atoms with Crippen LogP contribution < -0.4 is 10.6 Å². The van der Waals surface area contributed by atoms with E-state index in [2.05, 4.69) is 40.6 Å². The van der Waals surface area contributed by atoms with Gasteiger partial charge in [-0.2, -0.15) is 0 Å². The number of aromatic nitrogens is 2. The molecule has 1 atom stereocenters. The quantitative estimate of drug-likeness (QED) is 0.774. The van der Waals surface area contributed by atoms with Crippen molar-refractivity contribution in [2.45, 2.75) is 57.7 Å². The van der Waals surface area contributed by atoms with E-state index in [4.69, 9.17) is 0 Å². The number of nitrogens with one attached hydrogen (secondary N) is 2. The molecule has 2 N–H and O–H groups in total. The summed E-state index contributed by atoms with van der Waals surface area (Å²) < 4.78 is 1.98. The summed E-state index contributed by atoms with van der Waals surface area (Å²) >= 11 is 0. The standard InChI is InChI=1S/C21H31N5O/c1-17(26-13-12-22-16-26)14-23-21(27)24-20-11-7-6-8-18(20)15-25(2)19-9-4-3-5-10-19/h6-8,11-13,16-17,19H,3-5,9-10,14-15H2,1-2H3,(H2,23,24,27)/t17-/m1/s1. The number of urea groups is 1. The van der Waals surface area contributed by atoms with Gasteiger partial charge in [-0.05, 0) is 38.4 Å². The first-order chi connectivity index (χ1) is 13.1. The van der Waals surface area contributed by atoms with Gasteiger partial charge in [-0.15, -0.1) is 0 Å². The molecule has 1 aliphatic rings. The molecule has 1 heterocycles. The summed E-state index contributed by atoms with van der Waals surface area (Å²) in [7, 11) is 2.19. The molecule has 27 heavy (non-hydrogen) atoms. The topological polar surface area (TPSA) is 62.2 Å². The number of carbonyl (C=O) groups is 1. The van der Waals surface area contributed by atoms with Gasteiger partial charge in [-0.25, -0.2) is 9.78 Å². The molecule has 1 aliphatic carbocycles. The molecule has 146 valence electrons. The van der Waals surface area contributed by atoms with Crippen LogP contribution in [0.4, 0.5) is 10.5 Å². The molecular formula is C21H31N5O. The average molecular weight is 370 g/mol. The van der Waals surface area contributed by atoms with E-state index < -0.39 is 0 Å². The lowest BCUT2D eigenvalue weighted by molar-refractivity contribution is 0.185. The molecule has 0 radical (unpaired) electrons. The second kappa shape index (κ2) is 9.55. The molecule has 3 rings (SSSR count). The van der Waals surface area contributed by atoms with Gasteiger partial charge in [0.1, 0.15) is 0 Å². The first-order valence-electron chi connectivity index (χ1n) is 9.94. The fourth-order valence-corrected chi connectivity index (χ4v) is 3.74. The number of nitrogens with zero attached hydrogens (tertiary/aromatic N) is 3. The van der Waals surface area contributed by atoms with Crippen LogP contribution in [0.15, 0.2) is 43.0 Å². The molecule has 1 saturated carbocycles. The molecule has 0 bridgehead atoms. The molecule has 0 spiro atoms. The van der Waals surface area contributed by atoms with Gasteiger partial charge in [0.2, 0.25) is 0 Å². The summed E-state index contributed by atoms with van der Waals surface area (Å²) in [6.45, 7) is 3.45. The van der Waals surface area contributed by atoms with E-state index in [1.165, 1.54) is 32.1 Å². The maximum Gasteiger partial charge on any atom is 0.319 e. The monoisotopic (exact) mass is 369 g/mol. The van der Waals surface area contributed by atoms with Crippen LogP contribution in [0.25, 0.3) is 0 Å². The van der Waals surface area contributed by atoms with Gasteiger partial charge < -0.3 is 15.2 Å². The molecule has 1 aromatic carbocycles. The minimum atomic E-state index is -0.172. The number of hydrogen-bond donors (Lipinski definition) is 2. The third-order valence-corrected chi connectivity index (χ3v) is 5.48. The highest BCUT2D eigenvalue weighted by Gasteiger charge is 2.19. The van der Waals surface area contributed by atoms with Gasteiger partial charge >= 0.3 is 6.03 Å². The van der Waals surface area contributed by atoms with Crippen LogP contribution in [-0.4, -0.2) is 40.1 Å². The fraction of sp³-hybridized carbons (Fsp3) is 0.524. The zero-order chi connectivity index (χ0) is 19.1. The molecule has 6 nitrogen and oxygen atoms in total. The number of carbonyl (C=O) groups excluding carboxylic acids is 1. The Morgan fingerprint density at radius 2 is 2.07 bits per heavy atom. The molecule has 2 aromatic rings. The number of amides is 2. The highest BCUT2D eigenvalue weighted by Crippen LogP contribution is 2.24. The van der Waals surface area contributed by atoms with Gasteiger partial charge in [-0.1, -0.05) is 37.5 Å². The highest BCUT2D eigenvalue weighted by molar-refractivity contribution is 5.90. The molecule has 0 aliphatic heterocycles. The van der Waals surface area contributed by atoms with E-state index in [-0.39, 0.29) is 12.1 Å². The van der Waals surface area contributed by atoms with E-state index in [1.807, 2.05) is 29.0 Å². The normalized spacial score (nSPS) is 16.3. The van der Waals surface area contributed by atoms with Crippen LogP contribution in [0.1, 0.15) is 50.6 Å². The lowest BCUT2D eigenvalue weighted by Gasteiger charge is -2.31. The Bertz CT molecular complexity index is 709. The summed E-state index contributed by atoms with van der Waals surface area (Å²) in [5.74, 6) is 0. The van der Waals surface area contributed by atoms with Gasteiger partial charge in [0.25, 0.3) is 0 Å². The average Bonchev–Trinajstić information content (AvgIpc) is 3.23. The Hall–Kier alpha value is -2.34. The maximum atomic E-state index is 12.4. The Labute approximate surface area is 162 Å².